The lowest BCUT2D eigenvalue weighted by molar-refractivity contribution is -0.143. The molecular formula is C14H26N2O3. The lowest BCUT2D eigenvalue weighted by Gasteiger charge is -2.29. The highest BCUT2D eigenvalue weighted by atomic mass is 16.5. The van der Waals surface area contributed by atoms with Crippen molar-refractivity contribution in [3.63, 3.8) is 0 Å². The van der Waals surface area contributed by atoms with Gasteiger partial charge >= 0.3 is 0 Å². The van der Waals surface area contributed by atoms with E-state index in [2.05, 4.69) is 12.2 Å². The average molecular weight is 270 g/mol. The zero-order valence-corrected chi connectivity index (χ0v) is 12.1. The topological polar surface area (TPSA) is 50.8 Å². The van der Waals surface area contributed by atoms with Crippen molar-refractivity contribution in [3.05, 3.63) is 0 Å². The number of nitrogens with zero attached hydrogens (tertiary/aromatic N) is 1. The standard InChI is InChI=1S/C14H26N2O3/c1-11-5-8-19-13(11)14(17)16(7-9-18-2)10-12-4-3-6-15-12/h11-13,15H,3-10H2,1-2H3. The van der Waals surface area contributed by atoms with Gasteiger partial charge in [-0.05, 0) is 31.7 Å². The number of ether oxygens (including phenoxy) is 2. The van der Waals surface area contributed by atoms with Crippen LogP contribution in [0.1, 0.15) is 26.2 Å². The zero-order valence-electron chi connectivity index (χ0n) is 12.1. The zero-order chi connectivity index (χ0) is 13.7. The summed E-state index contributed by atoms with van der Waals surface area (Å²) in [6.07, 6.45) is 3.08. The van der Waals surface area contributed by atoms with Gasteiger partial charge in [0.15, 0.2) is 0 Å². The quantitative estimate of drug-likeness (QED) is 0.769. The first-order valence-electron chi connectivity index (χ1n) is 7.35. The van der Waals surface area contributed by atoms with Crippen LogP contribution in [0.4, 0.5) is 0 Å². The van der Waals surface area contributed by atoms with Crippen LogP contribution >= 0.6 is 0 Å². The van der Waals surface area contributed by atoms with E-state index in [1.54, 1.807) is 7.11 Å². The Bertz CT molecular complexity index is 292. The van der Waals surface area contributed by atoms with E-state index in [1.165, 1.54) is 6.42 Å². The van der Waals surface area contributed by atoms with Gasteiger partial charge in [0.2, 0.25) is 0 Å². The van der Waals surface area contributed by atoms with Gasteiger partial charge in [0.05, 0.1) is 6.61 Å². The van der Waals surface area contributed by atoms with Crippen LogP contribution in [-0.2, 0) is 14.3 Å². The van der Waals surface area contributed by atoms with Crippen LogP contribution < -0.4 is 5.32 Å². The number of carbonyl (C=O) groups is 1. The molecule has 2 aliphatic rings. The monoisotopic (exact) mass is 270 g/mol. The first-order chi connectivity index (χ1) is 9.22. The van der Waals surface area contributed by atoms with Gasteiger partial charge in [-0.1, -0.05) is 6.92 Å². The van der Waals surface area contributed by atoms with Crippen LogP contribution in [0.2, 0.25) is 0 Å². The van der Waals surface area contributed by atoms with E-state index in [9.17, 15) is 4.79 Å². The molecule has 0 aromatic rings. The summed E-state index contributed by atoms with van der Waals surface area (Å²) in [5, 5.41) is 3.44. The summed E-state index contributed by atoms with van der Waals surface area (Å²) in [5.74, 6) is 0.463. The number of amides is 1. The molecule has 19 heavy (non-hydrogen) atoms. The van der Waals surface area contributed by atoms with Crippen LogP contribution in [0.3, 0.4) is 0 Å². The van der Waals surface area contributed by atoms with Crippen molar-refractivity contribution in [2.45, 2.75) is 38.3 Å². The van der Waals surface area contributed by atoms with Crippen molar-refractivity contribution in [1.82, 2.24) is 10.2 Å². The predicted octanol–water partition coefficient (Wildman–Crippen LogP) is 0.638. The molecule has 0 spiro atoms. The number of nitrogens with one attached hydrogen (secondary N) is 1. The maximum absolute atomic E-state index is 12.6. The van der Waals surface area contributed by atoms with Gasteiger partial charge < -0.3 is 19.7 Å². The Labute approximate surface area is 115 Å². The fraction of sp³-hybridized carbons (Fsp3) is 0.929. The molecule has 2 saturated heterocycles. The third-order valence-corrected chi connectivity index (χ3v) is 4.11. The molecule has 5 heteroatoms. The summed E-state index contributed by atoms with van der Waals surface area (Å²) in [5.41, 5.74) is 0. The van der Waals surface area contributed by atoms with Crippen molar-refractivity contribution in [2.24, 2.45) is 5.92 Å². The molecule has 5 nitrogen and oxygen atoms in total. The fourth-order valence-corrected chi connectivity index (χ4v) is 2.86. The number of rotatable bonds is 6. The van der Waals surface area contributed by atoms with Crippen molar-refractivity contribution >= 4 is 5.91 Å². The van der Waals surface area contributed by atoms with Crippen molar-refractivity contribution in [3.8, 4) is 0 Å². The Morgan fingerprint density at radius 3 is 2.89 bits per heavy atom. The summed E-state index contributed by atoms with van der Waals surface area (Å²) < 4.78 is 10.7. The summed E-state index contributed by atoms with van der Waals surface area (Å²) in [6, 6.07) is 0.428. The van der Waals surface area contributed by atoms with Crippen molar-refractivity contribution < 1.29 is 14.3 Å². The number of hydrogen-bond donors (Lipinski definition) is 1. The van der Waals surface area contributed by atoms with Crippen LogP contribution in [-0.4, -0.2) is 62.9 Å². The predicted molar refractivity (Wildman–Crippen MR) is 73.0 cm³/mol. The molecule has 2 heterocycles. The maximum Gasteiger partial charge on any atom is 0.252 e. The fourth-order valence-electron chi connectivity index (χ4n) is 2.86. The molecule has 2 fully saturated rings. The Morgan fingerprint density at radius 2 is 2.32 bits per heavy atom. The summed E-state index contributed by atoms with van der Waals surface area (Å²) >= 11 is 0. The van der Waals surface area contributed by atoms with Gasteiger partial charge in [-0.3, -0.25) is 4.79 Å². The third-order valence-electron chi connectivity index (χ3n) is 4.11. The molecule has 0 aliphatic carbocycles. The summed E-state index contributed by atoms with van der Waals surface area (Å²) in [4.78, 5) is 14.5. The Balaban J connectivity index is 1.92. The Hall–Kier alpha value is -0.650. The molecule has 2 aliphatic heterocycles. The molecule has 0 saturated carbocycles. The first-order valence-corrected chi connectivity index (χ1v) is 7.35. The summed E-state index contributed by atoms with van der Waals surface area (Å²) in [6.45, 7) is 5.87. The molecular weight excluding hydrogens is 244 g/mol. The smallest absolute Gasteiger partial charge is 0.252 e. The SMILES string of the molecule is COCCN(CC1CCCN1)C(=O)C1OCCC1C. The molecule has 110 valence electrons. The Morgan fingerprint density at radius 1 is 1.47 bits per heavy atom. The molecule has 0 aromatic carbocycles. The maximum atomic E-state index is 12.6. The van der Waals surface area contributed by atoms with Gasteiger partial charge in [0.25, 0.3) is 5.91 Å². The number of carbonyl (C=O) groups excluding carboxylic acids is 1. The van der Waals surface area contributed by atoms with Crippen LogP contribution in [0.25, 0.3) is 0 Å². The first kappa shape index (κ1) is 14.8. The largest absolute Gasteiger partial charge is 0.383 e. The Kier molecular flexibility index (Phi) is 5.60. The minimum Gasteiger partial charge on any atom is -0.383 e. The van der Waals surface area contributed by atoms with Gasteiger partial charge in [0.1, 0.15) is 6.10 Å². The minimum absolute atomic E-state index is 0.135. The van der Waals surface area contributed by atoms with E-state index in [1.807, 2.05) is 4.90 Å². The highest BCUT2D eigenvalue weighted by Gasteiger charge is 2.34. The van der Waals surface area contributed by atoms with Crippen LogP contribution in [0.5, 0.6) is 0 Å². The minimum atomic E-state index is -0.252. The van der Waals surface area contributed by atoms with Gasteiger partial charge in [-0.2, -0.15) is 0 Å². The van der Waals surface area contributed by atoms with Crippen LogP contribution in [0.15, 0.2) is 0 Å². The van der Waals surface area contributed by atoms with E-state index in [0.717, 1.165) is 25.9 Å². The van der Waals surface area contributed by atoms with Crippen molar-refractivity contribution in [1.29, 1.82) is 0 Å². The van der Waals surface area contributed by atoms with E-state index in [4.69, 9.17) is 9.47 Å². The molecule has 3 atom stereocenters. The van der Waals surface area contributed by atoms with E-state index >= 15 is 0 Å². The summed E-state index contributed by atoms with van der Waals surface area (Å²) in [7, 11) is 1.67. The lowest BCUT2D eigenvalue weighted by atomic mass is 10.0. The highest BCUT2D eigenvalue weighted by molar-refractivity contribution is 5.81. The second-order valence-electron chi connectivity index (χ2n) is 5.63. The van der Waals surface area contributed by atoms with Crippen LogP contribution in [0, 0.1) is 5.92 Å². The third kappa shape index (κ3) is 3.91. The second kappa shape index (κ2) is 7.22. The van der Waals surface area contributed by atoms with Crippen molar-refractivity contribution in [2.75, 3.05) is 40.0 Å². The van der Waals surface area contributed by atoms with Gasteiger partial charge in [-0.15, -0.1) is 0 Å². The second-order valence-corrected chi connectivity index (χ2v) is 5.63. The lowest BCUT2D eigenvalue weighted by Crippen LogP contribution is -2.47. The molecule has 2 rings (SSSR count). The number of hydrogen-bond acceptors (Lipinski definition) is 4. The van der Waals surface area contributed by atoms with Gasteiger partial charge in [-0.25, -0.2) is 0 Å². The molecule has 3 unspecified atom stereocenters. The molecule has 0 radical (unpaired) electrons. The van der Waals surface area contributed by atoms with E-state index < -0.39 is 0 Å². The molecule has 0 bridgehead atoms. The van der Waals surface area contributed by atoms with Gasteiger partial charge in [0, 0.05) is 32.8 Å². The normalized spacial score (nSPS) is 30.7. The molecule has 1 N–H and O–H groups in total. The van der Waals surface area contributed by atoms with E-state index in [-0.39, 0.29) is 12.0 Å². The molecule has 0 aromatic heterocycles. The molecule has 1 amide bonds. The highest BCUT2D eigenvalue weighted by Crippen LogP contribution is 2.22. The van der Waals surface area contributed by atoms with E-state index in [0.29, 0.717) is 31.7 Å². The number of methoxy groups -OCH3 is 1. The average Bonchev–Trinajstić information content (AvgIpc) is 3.05.